The second kappa shape index (κ2) is 8.51. The topological polar surface area (TPSA) is 21.3 Å². The quantitative estimate of drug-likeness (QED) is 0.704. The predicted molar refractivity (Wildman–Crippen MR) is 116 cm³/mol. The summed E-state index contributed by atoms with van der Waals surface area (Å²) in [5, 5.41) is 6.05. The Morgan fingerprint density at radius 3 is 1.65 bits per heavy atom. The van der Waals surface area contributed by atoms with Crippen LogP contribution in [0.1, 0.15) is 41.0 Å². The molecule has 142 valence electrons. The van der Waals surface area contributed by atoms with Gasteiger partial charge in [0.05, 0.1) is 0 Å². The van der Waals surface area contributed by atoms with Gasteiger partial charge in [-0.05, 0) is 34.3 Å². The van der Waals surface area contributed by atoms with E-state index in [-0.39, 0.29) is 10.5 Å². The molecular formula is C23H35NOSi. The van der Waals surface area contributed by atoms with Crippen molar-refractivity contribution in [3.8, 4) is 0 Å². The highest BCUT2D eigenvalue weighted by atomic mass is 28.4. The van der Waals surface area contributed by atoms with Gasteiger partial charge in [0.25, 0.3) is 8.32 Å². The second-order valence-corrected chi connectivity index (χ2v) is 13.3. The fourth-order valence-corrected chi connectivity index (χ4v) is 8.37. The molecular weight excluding hydrogens is 334 g/mol. The summed E-state index contributed by atoms with van der Waals surface area (Å²) in [7, 11) is -0.374. The molecule has 0 aliphatic carbocycles. The van der Waals surface area contributed by atoms with Crippen molar-refractivity contribution in [3.05, 3.63) is 60.7 Å². The normalized spacial score (nSPS) is 13.0. The largest absolute Gasteiger partial charge is 0.407 e. The third kappa shape index (κ3) is 4.64. The average molecular weight is 370 g/mol. The van der Waals surface area contributed by atoms with E-state index < -0.39 is 8.32 Å². The summed E-state index contributed by atoms with van der Waals surface area (Å²) in [6, 6.07) is 21.7. The first-order chi connectivity index (χ1) is 12.2. The van der Waals surface area contributed by atoms with Crippen LogP contribution in [0.5, 0.6) is 0 Å². The van der Waals surface area contributed by atoms with Crippen LogP contribution in [0.15, 0.2) is 60.7 Å². The van der Waals surface area contributed by atoms with E-state index in [9.17, 15) is 0 Å². The van der Waals surface area contributed by atoms with Gasteiger partial charge in [-0.15, -0.1) is 0 Å². The Bertz CT molecular complexity index is 622. The Labute approximate surface area is 161 Å². The summed E-state index contributed by atoms with van der Waals surface area (Å²) in [5.74, 6) is 0. The summed E-state index contributed by atoms with van der Waals surface area (Å²) in [5.41, 5.74) is 0.222. The second-order valence-electron chi connectivity index (χ2n) is 8.96. The van der Waals surface area contributed by atoms with E-state index in [1.807, 2.05) is 7.05 Å². The molecule has 0 aliphatic rings. The maximum Gasteiger partial charge on any atom is 0.261 e. The monoisotopic (exact) mass is 369 g/mol. The van der Waals surface area contributed by atoms with Crippen molar-refractivity contribution in [1.29, 1.82) is 0 Å². The molecule has 0 spiro atoms. The maximum absolute atomic E-state index is 6.96. The molecule has 0 amide bonds. The van der Waals surface area contributed by atoms with Gasteiger partial charge in [-0.1, -0.05) is 95.3 Å². The van der Waals surface area contributed by atoms with Crippen LogP contribution in [0.25, 0.3) is 0 Å². The zero-order chi connectivity index (χ0) is 19.3. The van der Waals surface area contributed by atoms with Crippen LogP contribution in [-0.4, -0.2) is 28.5 Å². The molecule has 2 aromatic carbocycles. The Morgan fingerprint density at radius 1 is 0.808 bits per heavy atom. The first-order valence-electron chi connectivity index (χ1n) is 9.62. The van der Waals surface area contributed by atoms with Gasteiger partial charge >= 0.3 is 0 Å². The molecule has 26 heavy (non-hydrogen) atoms. The minimum atomic E-state index is -2.39. The van der Waals surface area contributed by atoms with Crippen LogP contribution in [0.2, 0.25) is 5.04 Å². The van der Waals surface area contributed by atoms with E-state index in [1.165, 1.54) is 10.4 Å². The smallest absolute Gasteiger partial charge is 0.261 e. The molecule has 0 fully saturated rings. The molecule has 0 aliphatic heterocycles. The van der Waals surface area contributed by atoms with Crippen molar-refractivity contribution < 1.29 is 4.43 Å². The molecule has 0 bridgehead atoms. The highest BCUT2D eigenvalue weighted by Gasteiger charge is 2.50. The Kier molecular flexibility index (Phi) is 6.84. The lowest BCUT2D eigenvalue weighted by Gasteiger charge is -2.43. The van der Waals surface area contributed by atoms with Gasteiger partial charge in [0.15, 0.2) is 0 Å². The van der Waals surface area contributed by atoms with Crippen molar-refractivity contribution in [1.82, 2.24) is 5.32 Å². The molecule has 3 heteroatoms. The summed E-state index contributed by atoms with van der Waals surface area (Å²) >= 11 is 0. The van der Waals surface area contributed by atoms with Gasteiger partial charge in [-0.2, -0.15) is 0 Å². The van der Waals surface area contributed by atoms with Crippen molar-refractivity contribution in [2.75, 3.05) is 20.2 Å². The van der Waals surface area contributed by atoms with Crippen molar-refractivity contribution in [2.24, 2.45) is 5.41 Å². The third-order valence-electron chi connectivity index (χ3n) is 5.17. The van der Waals surface area contributed by atoms with Gasteiger partial charge < -0.3 is 9.74 Å². The molecule has 1 N–H and O–H groups in total. The Hall–Kier alpha value is -1.42. The van der Waals surface area contributed by atoms with Crippen molar-refractivity contribution in [2.45, 2.75) is 46.1 Å². The summed E-state index contributed by atoms with van der Waals surface area (Å²) in [4.78, 5) is 0. The van der Waals surface area contributed by atoms with Crippen LogP contribution >= 0.6 is 0 Å². The highest BCUT2D eigenvalue weighted by molar-refractivity contribution is 6.99. The first-order valence-corrected chi connectivity index (χ1v) is 11.5. The molecule has 2 rings (SSSR count). The highest BCUT2D eigenvalue weighted by Crippen LogP contribution is 2.37. The van der Waals surface area contributed by atoms with Crippen LogP contribution in [0, 0.1) is 5.41 Å². The van der Waals surface area contributed by atoms with Gasteiger partial charge in [-0.25, -0.2) is 0 Å². The standard InChI is InChI=1S/C23H35NOSi/c1-22(2,3)26(20-13-9-7-10-14-20,21-15-11-8-12-16-21)25-18-17-23(4,5)19-24-6/h7-16,24H,17-19H2,1-6H3. The van der Waals surface area contributed by atoms with E-state index in [0.29, 0.717) is 0 Å². The first kappa shape index (κ1) is 20.9. The number of rotatable bonds is 8. The molecule has 0 heterocycles. The third-order valence-corrected chi connectivity index (χ3v) is 10.2. The van der Waals surface area contributed by atoms with Crippen LogP contribution in [-0.2, 0) is 4.43 Å². The van der Waals surface area contributed by atoms with Crippen molar-refractivity contribution >= 4 is 18.7 Å². The van der Waals surface area contributed by atoms with Crippen LogP contribution in [0.3, 0.4) is 0 Å². The van der Waals surface area contributed by atoms with Crippen LogP contribution in [0.4, 0.5) is 0 Å². The van der Waals surface area contributed by atoms with Crippen molar-refractivity contribution in [3.63, 3.8) is 0 Å². The van der Waals surface area contributed by atoms with E-state index in [0.717, 1.165) is 19.6 Å². The van der Waals surface area contributed by atoms with E-state index in [4.69, 9.17) is 4.43 Å². The lowest BCUT2D eigenvalue weighted by Crippen LogP contribution is -2.66. The van der Waals surface area contributed by atoms with Gasteiger partial charge in [0.2, 0.25) is 0 Å². The van der Waals surface area contributed by atoms with Gasteiger partial charge in [-0.3, -0.25) is 0 Å². The summed E-state index contributed by atoms with van der Waals surface area (Å²) < 4.78 is 6.96. The molecule has 0 radical (unpaired) electrons. The molecule has 0 saturated heterocycles. The fourth-order valence-electron chi connectivity index (χ4n) is 3.81. The van der Waals surface area contributed by atoms with E-state index in [2.05, 4.69) is 101 Å². The van der Waals surface area contributed by atoms with Gasteiger partial charge in [0.1, 0.15) is 0 Å². The minimum absolute atomic E-state index is 0.0445. The molecule has 0 saturated carbocycles. The summed E-state index contributed by atoms with van der Waals surface area (Å²) in [6.07, 6.45) is 1.04. The number of hydrogen-bond acceptors (Lipinski definition) is 2. The fraction of sp³-hybridized carbons (Fsp3) is 0.478. The minimum Gasteiger partial charge on any atom is -0.407 e. The Balaban J connectivity index is 2.44. The van der Waals surface area contributed by atoms with Gasteiger partial charge in [0, 0.05) is 13.2 Å². The molecule has 0 atom stereocenters. The zero-order valence-electron chi connectivity index (χ0n) is 17.3. The Morgan fingerprint density at radius 2 is 1.27 bits per heavy atom. The number of hydrogen-bond donors (Lipinski definition) is 1. The SMILES string of the molecule is CNCC(C)(C)CCO[Si](c1ccccc1)(c1ccccc1)C(C)(C)C. The average Bonchev–Trinajstić information content (AvgIpc) is 2.59. The predicted octanol–water partition coefficient (Wildman–Crippen LogP) is 4.20. The number of nitrogens with one attached hydrogen (secondary N) is 1. The lowest BCUT2D eigenvalue weighted by molar-refractivity contribution is 0.216. The molecule has 0 unspecified atom stereocenters. The molecule has 2 aromatic rings. The molecule has 0 aromatic heterocycles. The number of benzene rings is 2. The van der Waals surface area contributed by atoms with E-state index >= 15 is 0 Å². The summed E-state index contributed by atoms with van der Waals surface area (Å²) in [6.45, 7) is 13.4. The van der Waals surface area contributed by atoms with Crippen LogP contribution < -0.4 is 15.7 Å². The maximum atomic E-state index is 6.96. The lowest BCUT2D eigenvalue weighted by atomic mass is 9.90. The zero-order valence-corrected chi connectivity index (χ0v) is 18.3. The molecule has 2 nitrogen and oxygen atoms in total. The van der Waals surface area contributed by atoms with E-state index in [1.54, 1.807) is 0 Å².